The van der Waals surface area contributed by atoms with Crippen molar-refractivity contribution in [3.8, 4) is 0 Å². The fraction of sp³-hybridized carbons (Fsp3) is 0.143. The average molecular weight is 443 g/mol. The molecule has 23 heavy (non-hydrogen) atoms. The van der Waals surface area contributed by atoms with Gasteiger partial charge in [0.15, 0.2) is 5.69 Å². The van der Waals surface area contributed by atoms with Crippen molar-refractivity contribution in [1.29, 1.82) is 0 Å². The van der Waals surface area contributed by atoms with Gasteiger partial charge in [0.05, 0.1) is 10.1 Å². The number of nitrogens with zero attached hydrogens (tertiary/aromatic N) is 5. The van der Waals surface area contributed by atoms with Gasteiger partial charge in [0.2, 0.25) is 5.95 Å². The van der Waals surface area contributed by atoms with Crippen molar-refractivity contribution in [1.82, 2.24) is 24.5 Å². The largest absolute Gasteiger partial charge is 0.288 e. The molecule has 0 bridgehead atoms. The molecule has 1 N–H and O–H groups in total. The van der Waals surface area contributed by atoms with Crippen LogP contribution in [0, 0.1) is 3.57 Å². The van der Waals surface area contributed by atoms with Gasteiger partial charge in [0.1, 0.15) is 6.33 Å². The molecular weight excluding hydrogens is 431 g/mol. The maximum absolute atomic E-state index is 12.2. The van der Waals surface area contributed by atoms with Crippen molar-refractivity contribution in [2.24, 2.45) is 7.05 Å². The lowest BCUT2D eigenvalue weighted by atomic mass is 10.2. The molecule has 1 aromatic carbocycles. The predicted octanol–water partition coefficient (Wildman–Crippen LogP) is 2.57. The van der Waals surface area contributed by atoms with Gasteiger partial charge in [-0.2, -0.15) is 5.10 Å². The maximum atomic E-state index is 12.2. The Hall–Kier alpha value is -1.94. The van der Waals surface area contributed by atoms with Crippen LogP contribution in [0.15, 0.2) is 36.8 Å². The Morgan fingerprint density at radius 3 is 2.83 bits per heavy atom. The zero-order valence-corrected chi connectivity index (χ0v) is 15.0. The van der Waals surface area contributed by atoms with Crippen molar-refractivity contribution >= 4 is 46.0 Å². The number of carbonyl (C=O) groups excluding carboxylic acids is 1. The van der Waals surface area contributed by atoms with Crippen LogP contribution in [0.2, 0.25) is 5.02 Å². The third kappa shape index (κ3) is 3.70. The molecule has 0 fully saturated rings. The minimum Gasteiger partial charge on any atom is -0.288 e. The SMILES string of the molecule is Cn1cc(I)c(C(=O)Nc2ncn(Cc3ccccc3Cl)n2)n1. The van der Waals surface area contributed by atoms with E-state index in [1.807, 2.05) is 24.3 Å². The average Bonchev–Trinajstić information content (AvgIpc) is 3.07. The van der Waals surface area contributed by atoms with E-state index in [9.17, 15) is 4.79 Å². The number of hydrogen-bond donors (Lipinski definition) is 1. The monoisotopic (exact) mass is 442 g/mol. The molecule has 7 nitrogen and oxygen atoms in total. The Morgan fingerprint density at radius 2 is 2.13 bits per heavy atom. The van der Waals surface area contributed by atoms with E-state index in [1.165, 1.54) is 0 Å². The zero-order chi connectivity index (χ0) is 16.4. The van der Waals surface area contributed by atoms with Gasteiger partial charge in [0, 0.05) is 18.3 Å². The standard InChI is InChI=1S/C14H12ClIN6O/c1-21-7-11(16)12(19-21)13(23)18-14-17-8-22(20-14)6-9-4-2-3-5-10(9)15/h2-5,7-8H,6H2,1H3,(H,18,20,23). The number of nitrogens with one attached hydrogen (secondary N) is 1. The van der Waals surface area contributed by atoms with Gasteiger partial charge in [-0.05, 0) is 34.2 Å². The summed E-state index contributed by atoms with van der Waals surface area (Å²) in [5.74, 6) is -0.117. The van der Waals surface area contributed by atoms with Crippen molar-refractivity contribution in [2.45, 2.75) is 6.54 Å². The molecule has 9 heteroatoms. The predicted molar refractivity (Wildman–Crippen MR) is 94.5 cm³/mol. The minimum atomic E-state index is -0.342. The fourth-order valence-electron chi connectivity index (χ4n) is 2.00. The molecule has 0 aliphatic heterocycles. The number of benzene rings is 1. The van der Waals surface area contributed by atoms with E-state index in [1.54, 1.807) is 28.9 Å². The summed E-state index contributed by atoms with van der Waals surface area (Å²) in [5, 5.41) is 11.6. The third-order valence-corrected chi connectivity index (χ3v) is 4.21. The molecular formula is C14H12ClIN6O. The topological polar surface area (TPSA) is 77.6 Å². The molecule has 0 radical (unpaired) electrons. The maximum Gasteiger partial charge on any atom is 0.279 e. The van der Waals surface area contributed by atoms with E-state index < -0.39 is 0 Å². The molecule has 3 aromatic rings. The van der Waals surface area contributed by atoms with Gasteiger partial charge in [0.25, 0.3) is 5.91 Å². The van der Waals surface area contributed by atoms with Gasteiger partial charge >= 0.3 is 0 Å². The van der Waals surface area contributed by atoms with Crippen LogP contribution in [0.1, 0.15) is 16.1 Å². The Labute approximate surface area is 150 Å². The van der Waals surface area contributed by atoms with Crippen LogP contribution in [0.5, 0.6) is 0 Å². The van der Waals surface area contributed by atoms with E-state index in [-0.39, 0.29) is 11.9 Å². The van der Waals surface area contributed by atoms with Crippen LogP contribution < -0.4 is 5.32 Å². The number of halogens is 2. The molecule has 0 saturated carbocycles. The second-order valence-electron chi connectivity index (χ2n) is 4.81. The van der Waals surface area contributed by atoms with Gasteiger partial charge in [-0.15, -0.1) is 5.10 Å². The highest BCUT2D eigenvalue weighted by Crippen LogP contribution is 2.16. The van der Waals surface area contributed by atoms with Gasteiger partial charge in [-0.3, -0.25) is 14.8 Å². The van der Waals surface area contributed by atoms with Crippen molar-refractivity contribution in [2.75, 3.05) is 5.32 Å². The highest BCUT2D eigenvalue weighted by Gasteiger charge is 2.16. The highest BCUT2D eigenvalue weighted by atomic mass is 127. The summed E-state index contributed by atoms with van der Waals surface area (Å²) in [4.78, 5) is 16.3. The molecule has 2 aromatic heterocycles. The number of rotatable bonds is 4. The number of aromatic nitrogens is 5. The number of anilines is 1. The van der Waals surface area contributed by atoms with Crippen LogP contribution in [0.4, 0.5) is 5.95 Å². The second kappa shape index (κ2) is 6.67. The normalized spacial score (nSPS) is 10.7. The Balaban J connectivity index is 1.71. The molecule has 0 aliphatic carbocycles. The summed E-state index contributed by atoms with van der Waals surface area (Å²) in [6.45, 7) is 0.476. The summed E-state index contributed by atoms with van der Waals surface area (Å²) in [5.41, 5.74) is 1.27. The van der Waals surface area contributed by atoms with E-state index in [0.717, 1.165) is 9.13 Å². The summed E-state index contributed by atoms with van der Waals surface area (Å²) in [6.07, 6.45) is 3.31. The van der Waals surface area contributed by atoms with Gasteiger partial charge in [-0.1, -0.05) is 29.8 Å². The van der Waals surface area contributed by atoms with Crippen LogP contribution in [-0.4, -0.2) is 30.5 Å². The number of carbonyl (C=O) groups is 1. The highest BCUT2D eigenvalue weighted by molar-refractivity contribution is 14.1. The van der Waals surface area contributed by atoms with Crippen LogP contribution in [-0.2, 0) is 13.6 Å². The minimum absolute atomic E-state index is 0.225. The zero-order valence-electron chi connectivity index (χ0n) is 12.1. The van der Waals surface area contributed by atoms with Gasteiger partial charge in [-0.25, -0.2) is 9.67 Å². The summed E-state index contributed by atoms with van der Waals surface area (Å²) in [6, 6.07) is 7.51. The summed E-state index contributed by atoms with van der Waals surface area (Å²) < 4.78 is 3.96. The summed E-state index contributed by atoms with van der Waals surface area (Å²) in [7, 11) is 1.76. The van der Waals surface area contributed by atoms with E-state index in [0.29, 0.717) is 17.3 Å². The quantitative estimate of drug-likeness (QED) is 0.630. The Kier molecular flexibility index (Phi) is 4.62. The van der Waals surface area contributed by atoms with Crippen LogP contribution in [0.3, 0.4) is 0 Å². The lowest BCUT2D eigenvalue weighted by Gasteiger charge is -2.03. The van der Waals surface area contributed by atoms with Crippen molar-refractivity contribution < 1.29 is 4.79 Å². The molecule has 2 heterocycles. The fourth-order valence-corrected chi connectivity index (χ4v) is 2.95. The molecule has 1 amide bonds. The molecule has 0 atom stereocenters. The number of amides is 1. The Bertz CT molecular complexity index is 859. The third-order valence-electron chi connectivity index (χ3n) is 3.05. The van der Waals surface area contributed by atoms with Crippen LogP contribution in [0.25, 0.3) is 0 Å². The molecule has 3 rings (SSSR count). The lowest BCUT2D eigenvalue weighted by Crippen LogP contribution is -2.15. The molecule has 0 spiro atoms. The molecule has 0 aliphatic rings. The second-order valence-corrected chi connectivity index (χ2v) is 6.38. The Morgan fingerprint density at radius 1 is 1.35 bits per heavy atom. The van der Waals surface area contributed by atoms with Crippen molar-refractivity contribution in [3.63, 3.8) is 0 Å². The first-order valence-corrected chi connectivity index (χ1v) is 8.12. The summed E-state index contributed by atoms with van der Waals surface area (Å²) >= 11 is 8.18. The first-order chi connectivity index (χ1) is 11.0. The van der Waals surface area contributed by atoms with Crippen molar-refractivity contribution in [3.05, 3.63) is 56.6 Å². The molecule has 118 valence electrons. The van der Waals surface area contributed by atoms with Gasteiger partial charge < -0.3 is 0 Å². The molecule has 0 saturated heterocycles. The van der Waals surface area contributed by atoms with E-state index >= 15 is 0 Å². The van der Waals surface area contributed by atoms with E-state index in [4.69, 9.17) is 11.6 Å². The van der Waals surface area contributed by atoms with Crippen LogP contribution >= 0.6 is 34.2 Å². The number of hydrogen-bond acceptors (Lipinski definition) is 4. The smallest absolute Gasteiger partial charge is 0.279 e. The first kappa shape index (κ1) is 15.9. The lowest BCUT2D eigenvalue weighted by molar-refractivity contribution is 0.102. The molecule has 0 unspecified atom stereocenters. The first-order valence-electron chi connectivity index (χ1n) is 6.66. The van der Waals surface area contributed by atoms with E-state index in [2.05, 4.69) is 43.1 Å². The number of aryl methyl sites for hydroxylation is 1.